The maximum Gasteiger partial charge on any atom is 0.484 e. The van der Waals surface area contributed by atoms with Crippen LogP contribution in [0.25, 0.3) is 0 Å². The molecule has 0 aromatic carbocycles. The van der Waals surface area contributed by atoms with Gasteiger partial charge in [0.25, 0.3) is 0 Å². The predicted molar refractivity (Wildman–Crippen MR) is 73.7 cm³/mol. The van der Waals surface area contributed by atoms with Crippen LogP contribution in [0.5, 0.6) is 0 Å². The third kappa shape index (κ3) is 16.2. The summed E-state index contributed by atoms with van der Waals surface area (Å²) >= 11 is 0. The van der Waals surface area contributed by atoms with Gasteiger partial charge in [-0.25, -0.2) is 0 Å². The molecule has 0 N–H and O–H groups in total. The zero-order valence-corrected chi connectivity index (χ0v) is 14.3. The molecule has 0 spiro atoms. The molecule has 0 atom stereocenters. The van der Waals surface area contributed by atoms with Crippen LogP contribution in [0.2, 0.25) is 6.55 Å². The highest BCUT2D eigenvalue weighted by atomic mass is 28.3. The lowest BCUT2D eigenvalue weighted by molar-refractivity contribution is 0.102. The van der Waals surface area contributed by atoms with Crippen LogP contribution in [0.3, 0.4) is 0 Å². The molecule has 0 fully saturated rings. The Hall–Kier alpha value is 0.234. The minimum absolute atomic E-state index is 0.681. The molecule has 0 aliphatic carbocycles. The molecule has 0 saturated heterocycles. The van der Waals surface area contributed by atoms with E-state index in [2.05, 4.69) is 6.92 Å². The molecule has 5 nitrogen and oxygen atoms in total. The van der Waals surface area contributed by atoms with Crippen molar-refractivity contribution in [2.24, 2.45) is 0 Å². The average molecular weight is 285 g/mol. The Morgan fingerprint density at radius 3 is 1.53 bits per heavy atom. The first kappa shape index (κ1) is 19.6. The van der Waals surface area contributed by atoms with Crippen molar-refractivity contribution in [1.29, 1.82) is 0 Å². The van der Waals surface area contributed by atoms with Crippen molar-refractivity contribution in [2.45, 2.75) is 33.7 Å². The van der Waals surface area contributed by atoms with E-state index in [4.69, 9.17) is 22.1 Å². The molecule has 106 valence electrons. The Bertz CT molecular complexity index is 130. The summed E-state index contributed by atoms with van der Waals surface area (Å²) in [6.07, 6.45) is 1.02. The molecule has 0 amide bonds. The van der Waals surface area contributed by atoms with Crippen molar-refractivity contribution in [1.82, 2.24) is 0 Å². The predicted octanol–water partition coefficient (Wildman–Crippen LogP) is 1.33. The summed E-state index contributed by atoms with van der Waals surface area (Å²) in [5.41, 5.74) is 0. The van der Waals surface area contributed by atoms with E-state index in [1.54, 1.807) is 14.2 Å². The molecule has 0 saturated carbocycles. The maximum absolute atomic E-state index is 5.37. The van der Waals surface area contributed by atoms with E-state index in [0.717, 1.165) is 13.0 Å². The van der Waals surface area contributed by atoms with Gasteiger partial charge in [-0.3, -0.25) is 0 Å². The van der Waals surface area contributed by atoms with Crippen LogP contribution in [0.1, 0.15) is 27.2 Å². The molecule has 7 heteroatoms. The smallest absolute Gasteiger partial charge is 0.400 e. The third-order valence-electron chi connectivity index (χ3n) is 1.73. The summed E-state index contributed by atoms with van der Waals surface area (Å²) in [7, 11) is 0.422. The summed E-state index contributed by atoms with van der Waals surface area (Å²) in [5, 5.41) is 0. The quantitative estimate of drug-likeness (QED) is 0.598. The van der Waals surface area contributed by atoms with Gasteiger partial charge in [0, 0.05) is 34.0 Å². The van der Waals surface area contributed by atoms with Gasteiger partial charge in [0.05, 0.1) is 0 Å². The Morgan fingerprint density at radius 2 is 1.29 bits per heavy atom. The second-order valence-corrected chi connectivity index (χ2v) is 6.76. The van der Waals surface area contributed by atoms with Crippen LogP contribution in [0.4, 0.5) is 0 Å². The molecule has 0 bridgehead atoms. The Morgan fingerprint density at radius 1 is 0.824 bits per heavy atom. The second kappa shape index (κ2) is 16.2. The molecule has 0 rings (SSSR count). The van der Waals surface area contributed by atoms with Crippen molar-refractivity contribution in [3.05, 3.63) is 0 Å². The first-order chi connectivity index (χ1) is 8.15. The van der Waals surface area contributed by atoms with Crippen molar-refractivity contribution in [3.8, 4) is 0 Å². The Labute approximate surface area is 109 Å². The zero-order chi connectivity index (χ0) is 13.5. The fourth-order valence-corrected chi connectivity index (χ4v) is 2.18. The van der Waals surface area contributed by atoms with Gasteiger partial charge in [-0.15, -0.1) is 0 Å². The van der Waals surface area contributed by atoms with Gasteiger partial charge in [-0.05, 0) is 26.8 Å². The molecule has 0 aliphatic rings. The summed E-state index contributed by atoms with van der Waals surface area (Å²) < 4.78 is 25.6. The van der Waals surface area contributed by atoms with Gasteiger partial charge in [-0.1, -0.05) is 6.92 Å². The highest BCUT2D eigenvalue weighted by Crippen LogP contribution is 1.93. The fraction of sp³-hybridized carbons (Fsp3) is 1.00. The summed E-state index contributed by atoms with van der Waals surface area (Å²) in [5.74, 6) is 0. The van der Waals surface area contributed by atoms with Crippen LogP contribution in [-0.4, -0.2) is 52.9 Å². The van der Waals surface area contributed by atoms with Crippen LogP contribution < -0.4 is 0 Å². The lowest BCUT2D eigenvalue weighted by Gasteiger charge is -2.13. The fourth-order valence-electron chi connectivity index (χ4n) is 0.727. The Kier molecular flexibility index (Phi) is 18.7. The number of hydrogen-bond donors (Lipinski definition) is 0. The lowest BCUT2D eigenvalue weighted by Crippen LogP contribution is -2.27. The van der Waals surface area contributed by atoms with E-state index >= 15 is 0 Å². The van der Waals surface area contributed by atoms with Crippen molar-refractivity contribution < 1.29 is 22.1 Å². The van der Waals surface area contributed by atoms with Crippen LogP contribution in [0.15, 0.2) is 0 Å². The highest BCUT2D eigenvalue weighted by Gasteiger charge is 2.11. The number of hydrogen-bond acceptors (Lipinski definition) is 5. The van der Waals surface area contributed by atoms with E-state index in [0.29, 0.717) is 13.2 Å². The monoisotopic (exact) mass is 284 g/mol. The highest BCUT2D eigenvalue weighted by molar-refractivity contribution is 6.42. The molecular formula is C10H28O5Si2. The van der Waals surface area contributed by atoms with Crippen LogP contribution >= 0.6 is 0 Å². The second-order valence-electron chi connectivity index (χ2n) is 3.11. The van der Waals surface area contributed by atoms with Gasteiger partial charge in [-0.2, -0.15) is 0 Å². The minimum atomic E-state index is -1.75. The van der Waals surface area contributed by atoms with E-state index in [1.807, 2.05) is 20.4 Å². The molecule has 0 unspecified atom stereocenters. The minimum Gasteiger partial charge on any atom is -0.400 e. The molecule has 17 heavy (non-hydrogen) atoms. The van der Waals surface area contributed by atoms with Crippen molar-refractivity contribution in [2.75, 3.05) is 34.0 Å². The van der Waals surface area contributed by atoms with Gasteiger partial charge in [0.15, 0.2) is 0 Å². The van der Waals surface area contributed by atoms with Crippen LogP contribution in [-0.2, 0) is 22.1 Å². The topological polar surface area (TPSA) is 46.2 Å². The normalized spacial score (nSPS) is 10.6. The van der Waals surface area contributed by atoms with Crippen molar-refractivity contribution >= 4 is 18.8 Å². The van der Waals surface area contributed by atoms with E-state index in [9.17, 15) is 0 Å². The molecule has 0 aromatic rings. The van der Waals surface area contributed by atoms with Gasteiger partial charge in [0.1, 0.15) is 0 Å². The summed E-state index contributed by atoms with van der Waals surface area (Å²) in [6, 6.07) is 0. The summed E-state index contributed by atoms with van der Waals surface area (Å²) in [6.45, 7) is 10.1. The Balaban J connectivity index is 0. The molecule has 0 aliphatic heterocycles. The van der Waals surface area contributed by atoms with Crippen molar-refractivity contribution in [3.63, 3.8) is 0 Å². The van der Waals surface area contributed by atoms with Crippen LogP contribution in [0, 0.1) is 0 Å². The number of rotatable bonds is 9. The standard InChI is InChI=1S/C7H18O3Si.C3H10O2Si/c1-4-7-10-11(8-5-2)9-6-3;1-4-6(3)5-2/h11H,4-7H2,1-3H3;6H,1-3H3. The third-order valence-corrected chi connectivity index (χ3v) is 4.77. The van der Waals surface area contributed by atoms with Gasteiger partial charge in [0.2, 0.25) is 0 Å². The first-order valence-corrected chi connectivity index (χ1v) is 9.57. The van der Waals surface area contributed by atoms with E-state index < -0.39 is 18.8 Å². The molecule has 0 aromatic heterocycles. The molecule has 0 heterocycles. The first-order valence-electron chi connectivity index (χ1n) is 6.06. The van der Waals surface area contributed by atoms with Gasteiger partial charge < -0.3 is 22.1 Å². The van der Waals surface area contributed by atoms with Gasteiger partial charge >= 0.3 is 18.8 Å². The molecular weight excluding hydrogens is 256 g/mol. The molecule has 0 radical (unpaired) electrons. The van der Waals surface area contributed by atoms with E-state index in [1.165, 1.54) is 0 Å². The largest absolute Gasteiger partial charge is 0.484 e. The SMILES string of the molecule is CCCO[SiH](OCC)OCC.CO[SiH](C)OC. The maximum atomic E-state index is 5.37. The van der Waals surface area contributed by atoms with E-state index in [-0.39, 0.29) is 0 Å². The average Bonchev–Trinajstić information content (AvgIpc) is 2.36. The zero-order valence-electron chi connectivity index (χ0n) is 12.0. The lowest BCUT2D eigenvalue weighted by atomic mass is 10.5. The summed E-state index contributed by atoms with van der Waals surface area (Å²) in [4.78, 5) is 0.